The summed E-state index contributed by atoms with van der Waals surface area (Å²) in [6.45, 7) is 5.18. The topological polar surface area (TPSA) is 95.7 Å². The lowest BCUT2D eigenvalue weighted by molar-refractivity contribution is 0.0335. The molecule has 1 aliphatic rings. The molecule has 3 aromatic rings. The first kappa shape index (κ1) is 22.7. The number of aliphatic hydroxyl groups is 1. The van der Waals surface area contributed by atoms with Crippen molar-refractivity contribution in [2.75, 3.05) is 31.3 Å². The van der Waals surface area contributed by atoms with E-state index in [1.165, 1.54) is 11.3 Å². The molecule has 0 amide bonds. The fraction of sp³-hybridized carbons (Fsp3) is 0.240. The van der Waals surface area contributed by atoms with Crippen LogP contribution in [0.5, 0.6) is 0 Å². The monoisotopic (exact) mass is 463 g/mol. The molecule has 8 heteroatoms. The molecule has 0 radical (unpaired) electrons. The summed E-state index contributed by atoms with van der Waals surface area (Å²) in [5, 5.41) is 20.0. The minimum Gasteiger partial charge on any atom is -0.510 e. The lowest BCUT2D eigenvalue weighted by Crippen LogP contribution is -2.26. The SMILES string of the molecule is CCOCCOC(=O)c1ccc(N2CC(O)=C(c3nc(-c4ccccc4)c(C)s3)C2=N)cc1. The number of esters is 1. The first-order chi connectivity index (χ1) is 16.0. The lowest BCUT2D eigenvalue weighted by atomic mass is 10.1. The van der Waals surface area contributed by atoms with Gasteiger partial charge in [-0.25, -0.2) is 9.78 Å². The molecule has 7 nitrogen and oxygen atoms in total. The normalized spacial score (nSPS) is 13.6. The molecule has 0 spiro atoms. The molecular weight excluding hydrogens is 438 g/mol. The third-order valence-electron chi connectivity index (χ3n) is 5.24. The van der Waals surface area contributed by atoms with Gasteiger partial charge in [-0.15, -0.1) is 11.3 Å². The van der Waals surface area contributed by atoms with E-state index in [2.05, 4.69) is 0 Å². The number of carbonyl (C=O) groups is 1. The van der Waals surface area contributed by atoms with Crippen LogP contribution in [-0.4, -0.2) is 48.3 Å². The molecular formula is C25H25N3O4S. The van der Waals surface area contributed by atoms with Gasteiger partial charge in [0, 0.05) is 22.7 Å². The fourth-order valence-electron chi connectivity index (χ4n) is 3.59. The van der Waals surface area contributed by atoms with Gasteiger partial charge in [-0.05, 0) is 38.1 Å². The highest BCUT2D eigenvalue weighted by atomic mass is 32.1. The molecule has 0 aliphatic carbocycles. The second kappa shape index (κ2) is 9.97. The van der Waals surface area contributed by atoms with Crippen molar-refractivity contribution in [2.45, 2.75) is 13.8 Å². The summed E-state index contributed by atoms with van der Waals surface area (Å²) in [5.74, 6) is -0.146. The number of nitrogens with one attached hydrogen (secondary N) is 1. The number of rotatable bonds is 8. The maximum atomic E-state index is 12.2. The smallest absolute Gasteiger partial charge is 0.338 e. The first-order valence-corrected chi connectivity index (χ1v) is 11.5. The van der Waals surface area contributed by atoms with E-state index < -0.39 is 5.97 Å². The zero-order valence-electron chi connectivity index (χ0n) is 18.5. The van der Waals surface area contributed by atoms with Gasteiger partial charge in [0.05, 0.1) is 30.0 Å². The summed E-state index contributed by atoms with van der Waals surface area (Å²) >= 11 is 1.46. The second-order valence-corrected chi connectivity index (χ2v) is 8.63. The molecule has 2 heterocycles. The maximum Gasteiger partial charge on any atom is 0.338 e. The van der Waals surface area contributed by atoms with Crippen molar-refractivity contribution in [1.29, 1.82) is 5.41 Å². The minimum atomic E-state index is -0.425. The Labute approximate surface area is 196 Å². The molecule has 2 N–H and O–H groups in total. The summed E-state index contributed by atoms with van der Waals surface area (Å²) in [4.78, 5) is 19.6. The Hall–Kier alpha value is -3.49. The molecule has 33 heavy (non-hydrogen) atoms. The van der Waals surface area contributed by atoms with Gasteiger partial charge in [-0.2, -0.15) is 0 Å². The van der Waals surface area contributed by atoms with Crippen LogP contribution in [0.4, 0.5) is 5.69 Å². The number of benzene rings is 2. The Kier molecular flexibility index (Phi) is 6.86. The molecule has 0 saturated heterocycles. The highest BCUT2D eigenvalue weighted by Crippen LogP contribution is 2.36. The van der Waals surface area contributed by atoms with Gasteiger partial charge in [0.1, 0.15) is 23.2 Å². The number of anilines is 1. The Morgan fingerprint density at radius 3 is 2.58 bits per heavy atom. The summed E-state index contributed by atoms with van der Waals surface area (Å²) < 4.78 is 10.4. The van der Waals surface area contributed by atoms with Crippen molar-refractivity contribution in [3.8, 4) is 11.3 Å². The second-order valence-electron chi connectivity index (χ2n) is 7.43. The van der Waals surface area contributed by atoms with Crippen molar-refractivity contribution in [3.63, 3.8) is 0 Å². The molecule has 4 rings (SSSR count). The van der Waals surface area contributed by atoms with E-state index in [-0.39, 0.29) is 24.7 Å². The Morgan fingerprint density at radius 1 is 1.15 bits per heavy atom. The number of hydrogen-bond acceptors (Lipinski definition) is 7. The van der Waals surface area contributed by atoms with Crippen LogP contribution in [0.1, 0.15) is 27.2 Å². The number of aryl methyl sites for hydroxylation is 1. The molecule has 1 aromatic heterocycles. The van der Waals surface area contributed by atoms with Gasteiger partial charge >= 0.3 is 5.97 Å². The van der Waals surface area contributed by atoms with Crippen LogP contribution in [0, 0.1) is 12.3 Å². The fourth-order valence-corrected chi connectivity index (χ4v) is 4.59. The number of aromatic nitrogens is 1. The van der Waals surface area contributed by atoms with E-state index in [9.17, 15) is 9.90 Å². The Balaban J connectivity index is 1.49. The summed E-state index contributed by atoms with van der Waals surface area (Å²) in [5.41, 5.74) is 3.41. The maximum absolute atomic E-state index is 12.2. The zero-order chi connectivity index (χ0) is 23.4. The standard InChI is InChI=1S/C25H25N3O4S/c1-3-31-13-14-32-25(30)18-9-11-19(12-10-18)28-15-20(29)21(23(28)26)24-27-22(16(2)33-24)17-7-5-4-6-8-17/h4-12,26,29H,3,13-15H2,1-2H3. The first-order valence-electron chi connectivity index (χ1n) is 10.7. The van der Waals surface area contributed by atoms with Gasteiger partial charge in [0.25, 0.3) is 0 Å². The quantitative estimate of drug-likeness (QED) is 0.357. The van der Waals surface area contributed by atoms with Crippen LogP contribution >= 0.6 is 11.3 Å². The molecule has 0 unspecified atom stereocenters. The number of nitrogens with zero attached hydrogens (tertiary/aromatic N) is 2. The molecule has 0 bridgehead atoms. The third kappa shape index (κ3) is 4.81. The van der Waals surface area contributed by atoms with Crippen LogP contribution in [0.3, 0.4) is 0 Å². The molecule has 0 saturated carbocycles. The van der Waals surface area contributed by atoms with E-state index in [0.717, 1.165) is 16.1 Å². The predicted octanol–water partition coefficient (Wildman–Crippen LogP) is 5.08. The Bertz CT molecular complexity index is 1190. The van der Waals surface area contributed by atoms with Gasteiger partial charge in [0.2, 0.25) is 0 Å². The summed E-state index contributed by atoms with van der Waals surface area (Å²) in [6.07, 6.45) is 0. The van der Waals surface area contributed by atoms with Crippen molar-refractivity contribution >= 4 is 34.4 Å². The molecule has 1 aliphatic heterocycles. The van der Waals surface area contributed by atoms with Crippen LogP contribution in [0.2, 0.25) is 0 Å². The van der Waals surface area contributed by atoms with Crippen molar-refractivity contribution in [2.24, 2.45) is 0 Å². The molecule has 2 aromatic carbocycles. The van der Waals surface area contributed by atoms with Crippen LogP contribution in [-0.2, 0) is 9.47 Å². The van der Waals surface area contributed by atoms with E-state index in [4.69, 9.17) is 19.9 Å². The third-order valence-corrected chi connectivity index (χ3v) is 6.23. The predicted molar refractivity (Wildman–Crippen MR) is 130 cm³/mol. The van der Waals surface area contributed by atoms with E-state index >= 15 is 0 Å². The Morgan fingerprint density at radius 2 is 1.88 bits per heavy atom. The average Bonchev–Trinajstić information content (AvgIpc) is 3.35. The summed E-state index contributed by atoms with van der Waals surface area (Å²) in [6, 6.07) is 16.7. The highest BCUT2D eigenvalue weighted by Gasteiger charge is 2.32. The largest absolute Gasteiger partial charge is 0.510 e. The van der Waals surface area contributed by atoms with Gasteiger partial charge in [-0.3, -0.25) is 5.41 Å². The van der Waals surface area contributed by atoms with E-state index in [0.29, 0.717) is 35.0 Å². The number of amidine groups is 1. The number of ether oxygens (including phenoxy) is 2. The van der Waals surface area contributed by atoms with Gasteiger partial charge in [-0.1, -0.05) is 30.3 Å². The van der Waals surface area contributed by atoms with Crippen LogP contribution in [0.25, 0.3) is 16.8 Å². The van der Waals surface area contributed by atoms with E-state index in [1.54, 1.807) is 29.2 Å². The van der Waals surface area contributed by atoms with Crippen molar-refractivity contribution < 1.29 is 19.4 Å². The lowest BCUT2D eigenvalue weighted by Gasteiger charge is -2.18. The molecule has 0 fully saturated rings. The minimum absolute atomic E-state index is 0.104. The zero-order valence-corrected chi connectivity index (χ0v) is 19.3. The van der Waals surface area contributed by atoms with Crippen molar-refractivity contribution in [1.82, 2.24) is 4.98 Å². The molecule has 0 atom stereocenters. The summed E-state index contributed by atoms with van der Waals surface area (Å²) in [7, 11) is 0. The molecule has 170 valence electrons. The number of carbonyl (C=O) groups excluding carboxylic acids is 1. The highest BCUT2D eigenvalue weighted by molar-refractivity contribution is 7.13. The number of aliphatic hydroxyl groups excluding tert-OH is 1. The van der Waals surface area contributed by atoms with E-state index in [1.807, 2.05) is 44.2 Å². The van der Waals surface area contributed by atoms with Crippen LogP contribution in [0.15, 0.2) is 60.4 Å². The van der Waals surface area contributed by atoms with Gasteiger partial charge < -0.3 is 19.5 Å². The number of hydrogen-bond donors (Lipinski definition) is 2. The van der Waals surface area contributed by atoms with Crippen LogP contribution < -0.4 is 4.90 Å². The van der Waals surface area contributed by atoms with Gasteiger partial charge in [0.15, 0.2) is 0 Å². The number of thiazole rings is 1. The average molecular weight is 464 g/mol. The van der Waals surface area contributed by atoms with Crippen molar-refractivity contribution in [3.05, 3.63) is 75.8 Å².